The molecule has 1 N–H and O–H groups in total. The second-order valence-corrected chi connectivity index (χ2v) is 13.2. The number of benzene rings is 1. The summed E-state index contributed by atoms with van der Waals surface area (Å²) in [4.78, 5) is 31.1. The molecule has 2 aliphatic rings. The van der Waals surface area contributed by atoms with Crippen molar-refractivity contribution in [3.8, 4) is 0 Å². The zero-order valence-corrected chi connectivity index (χ0v) is 23.8. The highest BCUT2D eigenvalue weighted by molar-refractivity contribution is 7.89. The number of carbonyl (C=O) groups is 2. The largest absolute Gasteiger partial charge is 0.444 e. The number of hydrogen-bond acceptors (Lipinski definition) is 7. The van der Waals surface area contributed by atoms with E-state index >= 15 is 0 Å². The van der Waals surface area contributed by atoms with Crippen molar-refractivity contribution in [2.45, 2.75) is 56.3 Å². The maximum atomic E-state index is 13.5. The number of pyridine rings is 1. The Balaban J connectivity index is 1.18. The van der Waals surface area contributed by atoms with Gasteiger partial charge in [-0.15, -0.1) is 0 Å². The number of morpholine rings is 1. The van der Waals surface area contributed by atoms with Crippen LogP contribution >= 0.6 is 0 Å². The third-order valence-electron chi connectivity index (χ3n) is 7.20. The van der Waals surface area contributed by atoms with Crippen molar-refractivity contribution in [1.82, 2.24) is 23.9 Å². The first-order chi connectivity index (χ1) is 18.9. The van der Waals surface area contributed by atoms with Crippen LogP contribution in [0.1, 0.15) is 49.5 Å². The molecule has 12 heteroatoms. The van der Waals surface area contributed by atoms with E-state index in [9.17, 15) is 18.0 Å². The highest BCUT2D eigenvalue weighted by Gasteiger charge is 2.44. The summed E-state index contributed by atoms with van der Waals surface area (Å²) in [5.74, 6) is -0.233. The molecular formula is C28H35N5O6S. The van der Waals surface area contributed by atoms with Crippen molar-refractivity contribution in [3.05, 3.63) is 66.1 Å². The molecule has 0 atom stereocenters. The van der Waals surface area contributed by atoms with Crippen LogP contribution in [0.5, 0.6) is 0 Å². The number of rotatable bonds is 5. The number of likely N-dealkylation sites (tertiary alicyclic amines) is 1. The van der Waals surface area contributed by atoms with E-state index in [1.54, 1.807) is 64.3 Å². The first-order valence-corrected chi connectivity index (χ1v) is 14.8. The zero-order valence-electron chi connectivity index (χ0n) is 23.0. The van der Waals surface area contributed by atoms with Crippen LogP contribution in [-0.2, 0) is 26.0 Å². The molecule has 0 radical (unpaired) electrons. The summed E-state index contributed by atoms with van der Waals surface area (Å²) in [6.45, 7) is 7.42. The number of ether oxygens (including phenoxy) is 2. The van der Waals surface area contributed by atoms with E-state index in [1.165, 1.54) is 4.31 Å². The Morgan fingerprint density at radius 1 is 1.07 bits per heavy atom. The van der Waals surface area contributed by atoms with E-state index in [0.29, 0.717) is 38.1 Å². The quantitative estimate of drug-likeness (QED) is 0.501. The lowest BCUT2D eigenvalue weighted by molar-refractivity contribution is -0.118. The average molecular weight is 570 g/mol. The van der Waals surface area contributed by atoms with Crippen LogP contribution in [-0.4, -0.2) is 83.0 Å². The second-order valence-electron chi connectivity index (χ2n) is 11.3. The van der Waals surface area contributed by atoms with Gasteiger partial charge < -0.3 is 24.1 Å². The van der Waals surface area contributed by atoms with Gasteiger partial charge in [-0.25, -0.2) is 18.2 Å². The summed E-state index contributed by atoms with van der Waals surface area (Å²) >= 11 is 0. The van der Waals surface area contributed by atoms with Gasteiger partial charge in [0.2, 0.25) is 10.0 Å². The molecule has 2 saturated heterocycles. The molecule has 2 amide bonds. The van der Waals surface area contributed by atoms with Crippen LogP contribution in [0.3, 0.4) is 0 Å². The van der Waals surface area contributed by atoms with E-state index < -0.39 is 21.2 Å². The van der Waals surface area contributed by atoms with Gasteiger partial charge >= 0.3 is 6.09 Å². The molecule has 214 valence electrons. The van der Waals surface area contributed by atoms with Gasteiger partial charge in [0.05, 0.1) is 22.7 Å². The SMILES string of the molecule is CC(C)(C)OC(=O)N1CCC2(CC1)CN(S(=O)(=O)c1ccc(CNC(=O)c3ccc4nccn4c3)cc1)CCO2. The summed E-state index contributed by atoms with van der Waals surface area (Å²) in [6.07, 6.45) is 5.85. The van der Waals surface area contributed by atoms with Gasteiger partial charge in [-0.05, 0) is 63.4 Å². The van der Waals surface area contributed by atoms with Crippen LogP contribution in [0.15, 0.2) is 59.9 Å². The summed E-state index contributed by atoms with van der Waals surface area (Å²) in [6, 6.07) is 10.0. The molecule has 11 nitrogen and oxygen atoms in total. The lowest BCUT2D eigenvalue weighted by Crippen LogP contribution is -2.58. The number of carbonyl (C=O) groups excluding carboxylic acids is 2. The first kappa shape index (κ1) is 28.1. The molecule has 1 aromatic carbocycles. The molecule has 0 unspecified atom stereocenters. The Kier molecular flexibility index (Phi) is 7.60. The van der Waals surface area contributed by atoms with Gasteiger partial charge in [0.15, 0.2) is 0 Å². The molecule has 2 aliphatic heterocycles. The van der Waals surface area contributed by atoms with Crippen LogP contribution in [0.4, 0.5) is 4.79 Å². The molecule has 2 aromatic heterocycles. The predicted octanol–water partition coefficient (Wildman–Crippen LogP) is 3.05. The van der Waals surface area contributed by atoms with Crippen molar-refractivity contribution >= 4 is 27.7 Å². The fraction of sp³-hybridized carbons (Fsp3) is 0.464. The predicted molar refractivity (Wildman–Crippen MR) is 147 cm³/mol. The van der Waals surface area contributed by atoms with E-state index in [0.717, 1.165) is 11.2 Å². The molecule has 3 aromatic rings. The minimum Gasteiger partial charge on any atom is -0.444 e. The normalized spacial score (nSPS) is 18.1. The van der Waals surface area contributed by atoms with E-state index in [-0.39, 0.29) is 36.5 Å². The number of aromatic nitrogens is 2. The van der Waals surface area contributed by atoms with Crippen molar-refractivity contribution in [2.75, 3.05) is 32.8 Å². The zero-order chi connectivity index (χ0) is 28.5. The van der Waals surface area contributed by atoms with Crippen LogP contribution < -0.4 is 5.32 Å². The van der Waals surface area contributed by atoms with Gasteiger partial charge in [-0.2, -0.15) is 4.31 Å². The molecule has 0 saturated carbocycles. The lowest BCUT2D eigenvalue weighted by Gasteiger charge is -2.46. The van der Waals surface area contributed by atoms with Crippen molar-refractivity contribution in [2.24, 2.45) is 0 Å². The Hall–Kier alpha value is -3.48. The summed E-state index contributed by atoms with van der Waals surface area (Å²) < 4.78 is 41.8. The topological polar surface area (TPSA) is 123 Å². The monoisotopic (exact) mass is 569 g/mol. The summed E-state index contributed by atoms with van der Waals surface area (Å²) in [7, 11) is -3.75. The Morgan fingerprint density at radius 3 is 2.50 bits per heavy atom. The minimum absolute atomic E-state index is 0.191. The number of hydrogen-bond donors (Lipinski definition) is 1. The number of sulfonamides is 1. The van der Waals surface area contributed by atoms with Gasteiger partial charge in [0, 0.05) is 51.3 Å². The Labute approximate surface area is 234 Å². The molecule has 4 heterocycles. The van der Waals surface area contributed by atoms with Gasteiger partial charge in [0.25, 0.3) is 5.91 Å². The molecule has 0 aliphatic carbocycles. The van der Waals surface area contributed by atoms with Crippen molar-refractivity contribution in [3.63, 3.8) is 0 Å². The summed E-state index contributed by atoms with van der Waals surface area (Å²) in [5.41, 5.74) is 0.834. The lowest BCUT2D eigenvalue weighted by atomic mass is 9.90. The van der Waals surface area contributed by atoms with E-state index in [4.69, 9.17) is 9.47 Å². The second kappa shape index (κ2) is 10.8. The first-order valence-electron chi connectivity index (χ1n) is 13.4. The standard InChI is InChI=1S/C28H35N5O6S/c1-27(2,3)39-26(35)31-13-10-28(11-14-31)20-33(16-17-38-28)40(36,37)23-7-4-21(5-8-23)18-30-25(34)22-6-9-24-29-12-15-32(24)19-22/h4-9,12,15,19H,10-11,13-14,16-18,20H2,1-3H3,(H,30,34). The molecule has 40 heavy (non-hydrogen) atoms. The van der Waals surface area contributed by atoms with Gasteiger partial charge in [0.1, 0.15) is 11.2 Å². The van der Waals surface area contributed by atoms with E-state index in [1.807, 2.05) is 20.8 Å². The number of amides is 2. The number of fused-ring (bicyclic) bond motifs is 1. The Morgan fingerprint density at radius 2 is 1.80 bits per heavy atom. The van der Waals surface area contributed by atoms with Crippen molar-refractivity contribution in [1.29, 1.82) is 0 Å². The number of piperidine rings is 1. The summed E-state index contributed by atoms with van der Waals surface area (Å²) in [5, 5.41) is 2.87. The van der Waals surface area contributed by atoms with Crippen LogP contribution in [0, 0.1) is 0 Å². The molecule has 0 bridgehead atoms. The van der Waals surface area contributed by atoms with Crippen LogP contribution in [0.2, 0.25) is 0 Å². The van der Waals surface area contributed by atoms with Crippen LogP contribution in [0.25, 0.3) is 5.65 Å². The fourth-order valence-electron chi connectivity index (χ4n) is 5.01. The smallest absolute Gasteiger partial charge is 0.410 e. The highest BCUT2D eigenvalue weighted by atomic mass is 32.2. The maximum absolute atomic E-state index is 13.5. The highest BCUT2D eigenvalue weighted by Crippen LogP contribution is 2.33. The number of nitrogens with zero attached hydrogens (tertiary/aromatic N) is 4. The van der Waals surface area contributed by atoms with Gasteiger partial charge in [-0.3, -0.25) is 4.79 Å². The third-order valence-corrected chi connectivity index (χ3v) is 9.06. The third kappa shape index (κ3) is 6.13. The Bertz CT molecular complexity index is 1490. The average Bonchev–Trinajstić information content (AvgIpc) is 3.39. The number of nitrogens with one attached hydrogen (secondary N) is 1. The number of imidazole rings is 1. The molecule has 5 rings (SSSR count). The van der Waals surface area contributed by atoms with E-state index in [2.05, 4.69) is 10.3 Å². The molecule has 1 spiro atoms. The molecular weight excluding hydrogens is 534 g/mol. The minimum atomic E-state index is -3.75. The van der Waals surface area contributed by atoms with Crippen molar-refractivity contribution < 1.29 is 27.5 Å². The molecule has 2 fully saturated rings. The fourth-order valence-corrected chi connectivity index (χ4v) is 6.51. The maximum Gasteiger partial charge on any atom is 0.410 e. The van der Waals surface area contributed by atoms with Gasteiger partial charge in [-0.1, -0.05) is 12.1 Å².